The van der Waals surface area contributed by atoms with Crippen LogP contribution in [-0.2, 0) is 14.3 Å². The largest absolute Gasteiger partial charge is 0.493 e. The molecule has 0 radical (unpaired) electrons. The van der Waals surface area contributed by atoms with Crippen molar-refractivity contribution in [3.8, 4) is 5.75 Å². The van der Waals surface area contributed by atoms with Crippen LogP contribution in [0, 0.1) is 0 Å². The maximum Gasteiger partial charge on any atom is 0.326 e. The Hall–Kier alpha value is -3.10. The van der Waals surface area contributed by atoms with Crippen LogP contribution in [0.4, 0.5) is 4.79 Å². The maximum atomic E-state index is 12.3. The fourth-order valence-electron chi connectivity index (χ4n) is 3.16. The van der Waals surface area contributed by atoms with Gasteiger partial charge in [-0.15, -0.1) is 0 Å². The molecule has 0 saturated heterocycles. The van der Waals surface area contributed by atoms with Crippen LogP contribution >= 0.6 is 0 Å². The number of para-hydroxylation sites is 1. The maximum absolute atomic E-state index is 12.3. The number of amides is 4. The minimum Gasteiger partial charge on any atom is -0.493 e. The molecule has 1 aliphatic carbocycles. The molecule has 2 rings (SSSR count). The number of carbonyl (C=O) groups excluding carboxylic acids is 4. The summed E-state index contributed by atoms with van der Waals surface area (Å²) in [5.41, 5.74) is 0.289. The molecule has 1 aromatic carbocycles. The molecule has 0 heterocycles. The van der Waals surface area contributed by atoms with Gasteiger partial charge in [-0.2, -0.15) is 0 Å². The number of carbonyl (C=O) groups is 4. The third-order valence-electron chi connectivity index (χ3n) is 4.68. The van der Waals surface area contributed by atoms with Crippen molar-refractivity contribution in [1.82, 2.24) is 16.0 Å². The number of ether oxygens (including phenoxy) is 2. The van der Waals surface area contributed by atoms with Gasteiger partial charge in [-0.25, -0.2) is 4.79 Å². The highest BCUT2D eigenvalue weighted by Gasteiger charge is 2.22. The number of esters is 1. The van der Waals surface area contributed by atoms with Crippen LogP contribution in [0.15, 0.2) is 24.3 Å². The van der Waals surface area contributed by atoms with Gasteiger partial charge in [0.25, 0.3) is 11.8 Å². The van der Waals surface area contributed by atoms with E-state index in [2.05, 4.69) is 16.0 Å². The summed E-state index contributed by atoms with van der Waals surface area (Å²) in [7, 11) is 0. The standard InChI is InChI=1S/C21H29N3O6/c1-3-29-17-12-8-7-11-16(17)20(27)22-13-18(25)30-14(2)19(26)24-21(28)23-15-9-5-4-6-10-15/h7-8,11-12,14-15H,3-6,9-10,13H2,1-2H3,(H,22,27)(H2,23,24,26,28)/t14-/m1/s1. The minimum atomic E-state index is -1.18. The molecule has 3 N–H and O–H groups in total. The normalized spacial score (nSPS) is 14.9. The third kappa shape index (κ3) is 7.38. The van der Waals surface area contributed by atoms with E-state index >= 15 is 0 Å². The molecule has 164 valence electrons. The number of hydrogen-bond donors (Lipinski definition) is 3. The van der Waals surface area contributed by atoms with E-state index in [1.165, 1.54) is 6.92 Å². The molecular weight excluding hydrogens is 390 g/mol. The van der Waals surface area contributed by atoms with Crippen LogP contribution in [0.2, 0.25) is 0 Å². The Bertz CT molecular complexity index is 761. The fourth-order valence-corrected chi connectivity index (χ4v) is 3.16. The molecule has 30 heavy (non-hydrogen) atoms. The number of urea groups is 1. The summed E-state index contributed by atoms with van der Waals surface area (Å²) in [5, 5.41) is 7.36. The van der Waals surface area contributed by atoms with Crippen molar-refractivity contribution in [2.45, 2.75) is 58.1 Å². The Labute approximate surface area is 175 Å². The molecule has 1 atom stereocenters. The first-order chi connectivity index (χ1) is 14.4. The highest BCUT2D eigenvalue weighted by molar-refractivity contribution is 5.99. The summed E-state index contributed by atoms with van der Waals surface area (Å²) in [4.78, 5) is 48.2. The summed E-state index contributed by atoms with van der Waals surface area (Å²) in [6.45, 7) is 3.12. The van der Waals surface area contributed by atoms with Crippen molar-refractivity contribution >= 4 is 23.8 Å². The van der Waals surface area contributed by atoms with Gasteiger partial charge in [-0.05, 0) is 38.8 Å². The predicted molar refractivity (Wildman–Crippen MR) is 109 cm³/mol. The molecule has 1 fully saturated rings. The SMILES string of the molecule is CCOc1ccccc1C(=O)NCC(=O)O[C@H](C)C(=O)NC(=O)NC1CCCCC1. The topological polar surface area (TPSA) is 123 Å². The van der Waals surface area contributed by atoms with Gasteiger partial charge >= 0.3 is 12.0 Å². The van der Waals surface area contributed by atoms with Crippen molar-refractivity contribution in [3.63, 3.8) is 0 Å². The molecule has 9 nitrogen and oxygen atoms in total. The molecule has 4 amide bonds. The van der Waals surface area contributed by atoms with Gasteiger partial charge in [0.05, 0.1) is 12.2 Å². The van der Waals surface area contributed by atoms with Crippen LogP contribution in [0.3, 0.4) is 0 Å². The van der Waals surface area contributed by atoms with Crippen molar-refractivity contribution < 1.29 is 28.7 Å². The molecule has 1 saturated carbocycles. The smallest absolute Gasteiger partial charge is 0.326 e. The summed E-state index contributed by atoms with van der Waals surface area (Å²) in [6.07, 6.45) is 3.85. The second kappa shape index (κ2) is 11.8. The number of nitrogens with one attached hydrogen (secondary N) is 3. The molecule has 0 spiro atoms. The molecular formula is C21H29N3O6. The van der Waals surface area contributed by atoms with E-state index in [9.17, 15) is 19.2 Å². The van der Waals surface area contributed by atoms with Crippen LogP contribution in [0.5, 0.6) is 5.75 Å². The molecule has 1 aliphatic rings. The lowest BCUT2D eigenvalue weighted by atomic mass is 9.96. The van der Waals surface area contributed by atoms with Crippen molar-refractivity contribution in [1.29, 1.82) is 0 Å². The lowest BCUT2D eigenvalue weighted by molar-refractivity contribution is -0.153. The quantitative estimate of drug-likeness (QED) is 0.553. The summed E-state index contributed by atoms with van der Waals surface area (Å²) in [6, 6.07) is 6.10. The zero-order valence-electron chi connectivity index (χ0n) is 17.4. The first kappa shape index (κ1) is 23.2. The van der Waals surface area contributed by atoms with Gasteiger partial charge in [0.15, 0.2) is 6.10 Å². The van der Waals surface area contributed by atoms with E-state index in [4.69, 9.17) is 9.47 Å². The number of rotatable bonds is 8. The summed E-state index contributed by atoms with van der Waals surface area (Å²) >= 11 is 0. The highest BCUT2D eigenvalue weighted by Crippen LogP contribution is 2.18. The first-order valence-corrected chi connectivity index (χ1v) is 10.2. The average molecular weight is 419 g/mol. The zero-order chi connectivity index (χ0) is 21.9. The molecule has 1 aromatic rings. The van der Waals surface area contributed by atoms with E-state index in [0.29, 0.717) is 12.4 Å². The Morgan fingerprint density at radius 1 is 1.10 bits per heavy atom. The van der Waals surface area contributed by atoms with Crippen molar-refractivity contribution in [3.05, 3.63) is 29.8 Å². The van der Waals surface area contributed by atoms with E-state index in [0.717, 1.165) is 32.1 Å². The second-order valence-electron chi connectivity index (χ2n) is 7.04. The van der Waals surface area contributed by atoms with Crippen molar-refractivity contribution in [2.24, 2.45) is 0 Å². The van der Waals surface area contributed by atoms with Gasteiger partial charge in [-0.1, -0.05) is 31.4 Å². The molecule has 0 aliphatic heterocycles. The van der Waals surface area contributed by atoms with Gasteiger partial charge in [0.1, 0.15) is 12.3 Å². The molecule has 0 unspecified atom stereocenters. The van der Waals surface area contributed by atoms with Crippen LogP contribution in [0.1, 0.15) is 56.3 Å². The third-order valence-corrected chi connectivity index (χ3v) is 4.68. The van der Waals surface area contributed by atoms with Gasteiger partial charge in [0, 0.05) is 6.04 Å². The Balaban J connectivity index is 1.75. The van der Waals surface area contributed by atoms with Crippen LogP contribution in [-0.4, -0.2) is 49.1 Å². The Morgan fingerprint density at radius 2 is 1.80 bits per heavy atom. The average Bonchev–Trinajstić information content (AvgIpc) is 2.73. The lowest BCUT2D eigenvalue weighted by Gasteiger charge is -2.23. The van der Waals surface area contributed by atoms with Gasteiger partial charge < -0.3 is 20.1 Å². The van der Waals surface area contributed by atoms with Gasteiger partial charge in [-0.3, -0.25) is 19.7 Å². The highest BCUT2D eigenvalue weighted by atomic mass is 16.5. The number of hydrogen-bond acceptors (Lipinski definition) is 6. The van der Waals surface area contributed by atoms with E-state index in [-0.39, 0.29) is 11.6 Å². The fraction of sp³-hybridized carbons (Fsp3) is 0.524. The molecule has 0 aromatic heterocycles. The minimum absolute atomic E-state index is 0.0548. The van der Waals surface area contributed by atoms with Crippen LogP contribution in [0.25, 0.3) is 0 Å². The van der Waals surface area contributed by atoms with E-state index < -0.39 is 36.5 Å². The second-order valence-corrected chi connectivity index (χ2v) is 7.04. The Morgan fingerprint density at radius 3 is 2.50 bits per heavy atom. The van der Waals surface area contributed by atoms with E-state index in [1.807, 2.05) is 0 Å². The molecule has 0 bridgehead atoms. The van der Waals surface area contributed by atoms with E-state index in [1.54, 1.807) is 31.2 Å². The first-order valence-electron chi connectivity index (χ1n) is 10.2. The lowest BCUT2D eigenvalue weighted by Crippen LogP contribution is -2.48. The number of benzene rings is 1. The predicted octanol–water partition coefficient (Wildman–Crippen LogP) is 1.91. The Kier molecular flexibility index (Phi) is 9.11. The monoisotopic (exact) mass is 419 g/mol. The number of imide groups is 1. The van der Waals surface area contributed by atoms with Crippen LogP contribution < -0.4 is 20.7 Å². The molecule has 9 heteroatoms. The van der Waals surface area contributed by atoms with Gasteiger partial charge in [0.2, 0.25) is 0 Å². The summed E-state index contributed by atoms with van der Waals surface area (Å²) in [5.74, 6) is -1.63. The zero-order valence-corrected chi connectivity index (χ0v) is 17.4. The summed E-state index contributed by atoms with van der Waals surface area (Å²) < 4.78 is 10.4. The van der Waals surface area contributed by atoms with Crippen molar-refractivity contribution in [2.75, 3.05) is 13.2 Å².